The van der Waals surface area contributed by atoms with Gasteiger partial charge in [0.2, 0.25) is 0 Å². The van der Waals surface area contributed by atoms with Crippen molar-refractivity contribution in [3.8, 4) is 11.5 Å². The maximum absolute atomic E-state index is 13.7. The Morgan fingerprint density at radius 1 is 0.460 bits per heavy atom. The highest BCUT2D eigenvalue weighted by Gasteiger charge is 2.54. The highest BCUT2D eigenvalue weighted by atomic mass is 16.6. The fourth-order valence-corrected chi connectivity index (χ4v) is 7.48. The molecule has 0 amide bonds. The maximum Gasteiger partial charge on any atom is 0.340 e. The summed E-state index contributed by atoms with van der Waals surface area (Å²) < 4.78 is 13.6. The molecule has 0 aromatic heterocycles. The molecule has 2 aliphatic heterocycles. The number of para-hydroxylation sites is 4. The van der Waals surface area contributed by atoms with Crippen LogP contribution in [0.15, 0.2) is 176 Å². The van der Waals surface area contributed by atoms with Crippen LogP contribution in [0.2, 0.25) is 0 Å². The van der Waals surface area contributed by atoms with Crippen LogP contribution in [0.25, 0.3) is 0 Å². The zero-order valence-electron chi connectivity index (χ0n) is 27.4. The summed E-state index contributed by atoms with van der Waals surface area (Å²) in [4.78, 5) is 18.1. The third-order valence-electron chi connectivity index (χ3n) is 9.55. The maximum atomic E-state index is 13.7. The molecular weight excluding hydrogens is 617 g/mol. The second kappa shape index (κ2) is 11.8. The summed E-state index contributed by atoms with van der Waals surface area (Å²) in [6, 6.07) is 59.3. The number of carbonyl (C=O) groups excluding carboxylic acids is 1. The van der Waals surface area contributed by atoms with Gasteiger partial charge in [0.05, 0.1) is 16.8 Å². The summed E-state index contributed by atoms with van der Waals surface area (Å²) >= 11 is 0. The lowest BCUT2D eigenvalue weighted by Gasteiger charge is -2.39. The summed E-state index contributed by atoms with van der Waals surface area (Å²) in [5.41, 5.74) is 8.65. The molecule has 1 spiro atoms. The molecule has 0 aliphatic carbocycles. The van der Waals surface area contributed by atoms with Gasteiger partial charge in [-0.25, -0.2) is 4.79 Å². The molecular formula is C45H32N2O3. The summed E-state index contributed by atoms with van der Waals surface area (Å²) in [5, 5.41) is 0. The normalized spacial score (nSPS) is 15.3. The van der Waals surface area contributed by atoms with E-state index < -0.39 is 5.60 Å². The molecule has 0 bridgehead atoms. The lowest BCUT2D eigenvalue weighted by Crippen LogP contribution is -2.34. The first-order valence-corrected chi connectivity index (χ1v) is 16.7. The van der Waals surface area contributed by atoms with Crippen molar-refractivity contribution in [1.29, 1.82) is 0 Å². The number of hydrogen-bond donors (Lipinski definition) is 0. The van der Waals surface area contributed by atoms with E-state index >= 15 is 0 Å². The lowest BCUT2D eigenvalue weighted by atomic mass is 9.75. The van der Waals surface area contributed by atoms with Crippen LogP contribution in [-0.2, 0) is 10.3 Å². The Kier molecular flexibility index (Phi) is 6.99. The van der Waals surface area contributed by atoms with Crippen molar-refractivity contribution in [2.75, 3.05) is 9.80 Å². The van der Waals surface area contributed by atoms with Gasteiger partial charge < -0.3 is 19.3 Å². The van der Waals surface area contributed by atoms with E-state index in [4.69, 9.17) is 9.47 Å². The number of anilines is 6. The van der Waals surface area contributed by atoms with Gasteiger partial charge in [-0.2, -0.15) is 0 Å². The van der Waals surface area contributed by atoms with E-state index in [0.29, 0.717) is 17.1 Å². The first kappa shape index (κ1) is 29.5. The molecule has 0 N–H and O–H groups in total. The van der Waals surface area contributed by atoms with Crippen LogP contribution in [0.4, 0.5) is 34.1 Å². The van der Waals surface area contributed by atoms with Crippen LogP contribution in [0, 0.1) is 6.92 Å². The first-order chi connectivity index (χ1) is 24.6. The Morgan fingerprint density at radius 2 is 0.940 bits per heavy atom. The van der Waals surface area contributed by atoms with Crippen LogP contribution in [0.5, 0.6) is 11.5 Å². The minimum absolute atomic E-state index is 0.350. The number of benzene rings is 7. The van der Waals surface area contributed by atoms with Crippen LogP contribution >= 0.6 is 0 Å². The number of rotatable bonds is 6. The van der Waals surface area contributed by atoms with E-state index in [-0.39, 0.29) is 5.97 Å². The molecule has 0 saturated carbocycles. The van der Waals surface area contributed by atoms with Crippen molar-refractivity contribution in [2.24, 2.45) is 0 Å². The number of carbonyl (C=O) groups is 1. The van der Waals surface area contributed by atoms with E-state index in [0.717, 1.165) is 56.4 Å². The SMILES string of the molecule is Cc1cc(N(c2ccccc2)c2ccccc2)cc2c1C1(OC(=O)c3ccccc31)c1ccc(N(c3ccccc3)c3ccccc3)cc1O2. The lowest BCUT2D eigenvalue weighted by molar-refractivity contribution is 0.0222. The van der Waals surface area contributed by atoms with Gasteiger partial charge in [-0.1, -0.05) is 91.0 Å². The van der Waals surface area contributed by atoms with E-state index in [1.54, 1.807) is 0 Å². The zero-order chi connectivity index (χ0) is 33.7. The molecule has 5 nitrogen and oxygen atoms in total. The third kappa shape index (κ3) is 4.66. The highest BCUT2D eigenvalue weighted by molar-refractivity contribution is 5.97. The number of ether oxygens (including phenoxy) is 2. The van der Waals surface area contributed by atoms with Crippen LogP contribution in [-0.4, -0.2) is 5.97 Å². The Labute approximate surface area is 291 Å². The minimum atomic E-state index is -1.19. The quantitative estimate of drug-likeness (QED) is 0.168. The second-order valence-electron chi connectivity index (χ2n) is 12.5. The molecule has 0 radical (unpaired) electrons. The Balaban J connectivity index is 1.28. The standard InChI is InChI=1S/C45H32N2O3/c1-31-28-37(47(34-20-10-4-11-21-34)35-22-12-5-13-23-35)30-42-43(31)45(39-25-15-14-24-38(39)44(48)50-45)40-27-26-36(29-41(40)49-42)46(32-16-6-2-7-17-32)33-18-8-3-9-19-33/h2-30H,1H3. The fraction of sp³-hybridized carbons (Fsp3) is 0.0444. The minimum Gasteiger partial charge on any atom is -0.456 e. The van der Waals surface area contributed by atoms with E-state index in [2.05, 4.69) is 95.6 Å². The summed E-state index contributed by atoms with van der Waals surface area (Å²) in [6.07, 6.45) is 0. The van der Waals surface area contributed by atoms with Crippen molar-refractivity contribution in [2.45, 2.75) is 12.5 Å². The largest absolute Gasteiger partial charge is 0.456 e. The molecule has 9 rings (SSSR count). The average Bonchev–Trinajstić information content (AvgIpc) is 3.45. The Hall–Kier alpha value is -6.59. The highest BCUT2D eigenvalue weighted by Crippen LogP contribution is 2.59. The van der Waals surface area contributed by atoms with Crippen LogP contribution in [0.3, 0.4) is 0 Å². The van der Waals surface area contributed by atoms with Gasteiger partial charge >= 0.3 is 5.97 Å². The number of esters is 1. The molecule has 50 heavy (non-hydrogen) atoms. The summed E-state index contributed by atoms with van der Waals surface area (Å²) in [5.74, 6) is 0.910. The first-order valence-electron chi connectivity index (χ1n) is 16.7. The fourth-order valence-electron chi connectivity index (χ4n) is 7.48. The third-order valence-corrected chi connectivity index (χ3v) is 9.55. The van der Waals surface area contributed by atoms with Crippen molar-refractivity contribution < 1.29 is 14.3 Å². The van der Waals surface area contributed by atoms with Gasteiger partial charge in [0.25, 0.3) is 0 Å². The number of hydrogen-bond acceptors (Lipinski definition) is 5. The van der Waals surface area contributed by atoms with Crippen molar-refractivity contribution in [1.82, 2.24) is 0 Å². The van der Waals surface area contributed by atoms with E-state index in [1.165, 1.54) is 0 Å². The molecule has 0 fully saturated rings. The predicted octanol–water partition coefficient (Wildman–Crippen LogP) is 11.5. The molecule has 1 unspecified atom stereocenters. The average molecular weight is 649 g/mol. The van der Waals surface area contributed by atoms with Gasteiger partial charge in [0.15, 0.2) is 5.60 Å². The second-order valence-corrected chi connectivity index (χ2v) is 12.5. The Morgan fingerprint density at radius 3 is 1.50 bits per heavy atom. The van der Waals surface area contributed by atoms with Crippen LogP contribution in [0.1, 0.15) is 32.6 Å². The topological polar surface area (TPSA) is 42.0 Å². The van der Waals surface area contributed by atoms with Gasteiger partial charge in [-0.15, -0.1) is 0 Å². The molecule has 5 heteroatoms. The Bertz CT molecular complexity index is 2280. The molecule has 240 valence electrons. The molecule has 2 aliphatic rings. The van der Waals surface area contributed by atoms with Crippen molar-refractivity contribution in [3.05, 3.63) is 204 Å². The molecule has 2 heterocycles. The predicted molar refractivity (Wildman–Crippen MR) is 199 cm³/mol. The van der Waals surface area contributed by atoms with Crippen LogP contribution < -0.4 is 14.5 Å². The van der Waals surface area contributed by atoms with Crippen molar-refractivity contribution in [3.63, 3.8) is 0 Å². The number of aryl methyl sites for hydroxylation is 1. The zero-order valence-corrected chi connectivity index (χ0v) is 27.4. The number of nitrogens with zero attached hydrogens (tertiary/aromatic N) is 2. The van der Waals surface area contributed by atoms with Gasteiger partial charge in [0.1, 0.15) is 11.5 Å². The summed E-state index contributed by atoms with van der Waals surface area (Å²) in [6.45, 7) is 2.07. The molecule has 1 atom stereocenters. The number of fused-ring (bicyclic) bond motifs is 6. The van der Waals surface area contributed by atoms with E-state index in [9.17, 15) is 4.79 Å². The molecule has 7 aromatic rings. The monoisotopic (exact) mass is 648 g/mol. The van der Waals surface area contributed by atoms with Crippen molar-refractivity contribution >= 4 is 40.1 Å². The van der Waals surface area contributed by atoms with Gasteiger partial charge in [0, 0.05) is 51.7 Å². The molecule has 0 saturated heterocycles. The van der Waals surface area contributed by atoms with E-state index in [1.807, 2.05) is 97.1 Å². The van der Waals surface area contributed by atoms with Gasteiger partial charge in [-0.3, -0.25) is 0 Å². The molecule has 7 aromatic carbocycles. The summed E-state index contributed by atoms with van der Waals surface area (Å²) in [7, 11) is 0. The smallest absolute Gasteiger partial charge is 0.340 e. The van der Waals surface area contributed by atoms with Gasteiger partial charge in [-0.05, 0) is 85.3 Å².